The lowest BCUT2D eigenvalue weighted by molar-refractivity contribution is -0.142. The third-order valence-electron chi connectivity index (χ3n) is 5.43. The van der Waals surface area contributed by atoms with Crippen molar-refractivity contribution in [3.8, 4) is 0 Å². The minimum Gasteiger partial charge on any atom is -0.480 e. The van der Waals surface area contributed by atoms with E-state index in [0.717, 1.165) is 5.56 Å². The molecule has 0 saturated carbocycles. The smallest absolute Gasteiger partial charge is 0.326 e. The largest absolute Gasteiger partial charge is 0.480 e. The first kappa shape index (κ1) is 28.1. The number of nitrogens with two attached hydrogens (primary N) is 2. The van der Waals surface area contributed by atoms with Gasteiger partial charge in [-0.1, -0.05) is 50.6 Å². The SMILES string of the molecule is CCC(C)C(NC(=O)C(N)Cc1ccccc1)C(=O)NCC(=O)NC(CCCCN)C(=O)O. The second-order valence-corrected chi connectivity index (χ2v) is 8.13. The lowest BCUT2D eigenvalue weighted by Gasteiger charge is -2.25. The van der Waals surface area contributed by atoms with Crippen LogP contribution in [-0.2, 0) is 25.6 Å². The monoisotopic (exact) mass is 463 g/mol. The van der Waals surface area contributed by atoms with E-state index in [-0.39, 0.29) is 12.3 Å². The number of amides is 3. The summed E-state index contributed by atoms with van der Waals surface area (Å²) in [5, 5.41) is 16.8. The molecule has 4 atom stereocenters. The predicted molar refractivity (Wildman–Crippen MR) is 125 cm³/mol. The standard InChI is InChI=1S/C23H37N5O5/c1-3-15(2)20(28-21(30)17(25)13-16-9-5-4-6-10-16)22(31)26-14-19(29)27-18(23(32)33)11-7-8-12-24/h4-6,9-10,15,17-18,20H,3,7-8,11-14,24-25H2,1-2H3,(H,26,31)(H,27,29)(H,28,30)(H,32,33). The molecule has 1 aromatic carbocycles. The number of rotatable bonds is 15. The summed E-state index contributed by atoms with van der Waals surface area (Å²) in [5.41, 5.74) is 12.3. The zero-order valence-electron chi connectivity index (χ0n) is 19.4. The van der Waals surface area contributed by atoms with Gasteiger partial charge in [0.15, 0.2) is 0 Å². The number of aliphatic carboxylic acids is 1. The summed E-state index contributed by atoms with van der Waals surface area (Å²) in [6, 6.07) is 6.55. The number of benzene rings is 1. The zero-order valence-corrected chi connectivity index (χ0v) is 19.4. The molecule has 0 heterocycles. The van der Waals surface area contributed by atoms with E-state index < -0.39 is 48.4 Å². The van der Waals surface area contributed by atoms with E-state index >= 15 is 0 Å². The fraction of sp³-hybridized carbons (Fsp3) is 0.565. The molecule has 0 radical (unpaired) electrons. The molecule has 0 saturated heterocycles. The van der Waals surface area contributed by atoms with Crippen LogP contribution in [0.25, 0.3) is 0 Å². The highest BCUT2D eigenvalue weighted by Crippen LogP contribution is 2.09. The number of carboxylic acid groups (broad SMARTS) is 1. The maximum absolute atomic E-state index is 12.7. The van der Waals surface area contributed by atoms with Crippen molar-refractivity contribution in [3.63, 3.8) is 0 Å². The molecular formula is C23H37N5O5. The second-order valence-electron chi connectivity index (χ2n) is 8.13. The summed E-state index contributed by atoms with van der Waals surface area (Å²) in [4.78, 5) is 48.8. The molecule has 184 valence electrons. The van der Waals surface area contributed by atoms with Gasteiger partial charge < -0.3 is 32.5 Å². The molecule has 0 bridgehead atoms. The molecule has 8 N–H and O–H groups in total. The average Bonchev–Trinajstić information content (AvgIpc) is 2.80. The number of hydrogen-bond donors (Lipinski definition) is 6. The molecule has 0 spiro atoms. The highest BCUT2D eigenvalue weighted by molar-refractivity contribution is 5.92. The lowest BCUT2D eigenvalue weighted by atomic mass is 9.97. The van der Waals surface area contributed by atoms with Crippen LogP contribution in [0.15, 0.2) is 30.3 Å². The summed E-state index contributed by atoms with van der Waals surface area (Å²) < 4.78 is 0. The second kappa shape index (κ2) is 15.0. The number of carbonyl (C=O) groups excluding carboxylic acids is 3. The van der Waals surface area contributed by atoms with Crippen molar-refractivity contribution >= 4 is 23.7 Å². The predicted octanol–water partition coefficient (Wildman–Crippen LogP) is -0.0981. The Kier molecular flexibility index (Phi) is 12.7. The van der Waals surface area contributed by atoms with Gasteiger partial charge in [-0.2, -0.15) is 0 Å². The van der Waals surface area contributed by atoms with Crippen molar-refractivity contribution < 1.29 is 24.3 Å². The molecule has 10 heteroatoms. The molecule has 1 rings (SSSR count). The Morgan fingerprint density at radius 3 is 2.27 bits per heavy atom. The van der Waals surface area contributed by atoms with Crippen LogP contribution in [0.1, 0.15) is 45.1 Å². The number of carboxylic acids is 1. The molecular weight excluding hydrogens is 426 g/mol. The Morgan fingerprint density at radius 2 is 1.70 bits per heavy atom. The summed E-state index contributed by atoms with van der Waals surface area (Å²) >= 11 is 0. The van der Waals surface area contributed by atoms with Crippen LogP contribution >= 0.6 is 0 Å². The Hall–Kier alpha value is -2.98. The molecule has 0 aliphatic rings. The first-order valence-corrected chi connectivity index (χ1v) is 11.3. The van der Waals surface area contributed by atoms with Crippen LogP contribution in [0.4, 0.5) is 0 Å². The summed E-state index contributed by atoms with van der Waals surface area (Å²) in [7, 11) is 0. The highest BCUT2D eigenvalue weighted by atomic mass is 16.4. The quantitative estimate of drug-likeness (QED) is 0.197. The number of carbonyl (C=O) groups is 4. The van der Waals surface area contributed by atoms with Crippen molar-refractivity contribution in [3.05, 3.63) is 35.9 Å². The third kappa shape index (κ3) is 10.5. The third-order valence-corrected chi connectivity index (χ3v) is 5.43. The number of hydrogen-bond acceptors (Lipinski definition) is 6. The molecule has 1 aromatic rings. The molecule has 10 nitrogen and oxygen atoms in total. The van der Waals surface area contributed by atoms with Gasteiger partial charge in [0.05, 0.1) is 12.6 Å². The molecule has 0 aliphatic carbocycles. The Morgan fingerprint density at radius 1 is 1.03 bits per heavy atom. The van der Waals surface area contributed by atoms with Crippen molar-refractivity contribution in [2.75, 3.05) is 13.1 Å². The molecule has 4 unspecified atom stereocenters. The first-order chi connectivity index (χ1) is 15.7. The van der Waals surface area contributed by atoms with Crippen LogP contribution in [0.2, 0.25) is 0 Å². The summed E-state index contributed by atoms with van der Waals surface area (Å²) in [6.07, 6.45) is 2.40. The first-order valence-electron chi connectivity index (χ1n) is 11.3. The van der Waals surface area contributed by atoms with E-state index in [4.69, 9.17) is 11.5 Å². The minimum absolute atomic E-state index is 0.205. The van der Waals surface area contributed by atoms with Gasteiger partial charge in [0.25, 0.3) is 0 Å². The lowest BCUT2D eigenvalue weighted by Crippen LogP contribution is -2.56. The van der Waals surface area contributed by atoms with Crippen molar-refractivity contribution in [2.24, 2.45) is 17.4 Å². The van der Waals surface area contributed by atoms with Crippen LogP contribution in [0.3, 0.4) is 0 Å². The highest BCUT2D eigenvalue weighted by Gasteiger charge is 2.28. The van der Waals surface area contributed by atoms with E-state index in [9.17, 15) is 24.3 Å². The molecule has 0 aromatic heterocycles. The number of unbranched alkanes of at least 4 members (excludes halogenated alkanes) is 1. The normalized spacial score (nSPS) is 14.4. The fourth-order valence-electron chi connectivity index (χ4n) is 3.20. The van der Waals surface area contributed by atoms with Crippen molar-refractivity contribution in [2.45, 2.75) is 64.1 Å². The van der Waals surface area contributed by atoms with E-state index in [1.54, 1.807) is 0 Å². The van der Waals surface area contributed by atoms with E-state index in [1.165, 1.54) is 0 Å². The topological polar surface area (TPSA) is 177 Å². The Bertz CT molecular complexity index is 774. The van der Waals surface area contributed by atoms with Gasteiger partial charge in [0, 0.05) is 0 Å². The maximum atomic E-state index is 12.7. The molecule has 0 fully saturated rings. The maximum Gasteiger partial charge on any atom is 0.326 e. The van der Waals surface area contributed by atoms with Crippen LogP contribution in [0, 0.1) is 5.92 Å². The van der Waals surface area contributed by atoms with Gasteiger partial charge in [-0.3, -0.25) is 14.4 Å². The van der Waals surface area contributed by atoms with E-state index in [1.807, 2.05) is 44.2 Å². The molecule has 3 amide bonds. The molecule has 0 aliphatic heterocycles. The van der Waals surface area contributed by atoms with Gasteiger partial charge in [-0.15, -0.1) is 0 Å². The van der Waals surface area contributed by atoms with Crippen LogP contribution in [-0.4, -0.2) is 60.0 Å². The van der Waals surface area contributed by atoms with Gasteiger partial charge in [0.2, 0.25) is 17.7 Å². The van der Waals surface area contributed by atoms with Gasteiger partial charge in [-0.25, -0.2) is 4.79 Å². The minimum atomic E-state index is -1.15. The van der Waals surface area contributed by atoms with Crippen molar-refractivity contribution in [1.29, 1.82) is 0 Å². The Balaban J connectivity index is 2.64. The van der Waals surface area contributed by atoms with Gasteiger partial charge in [-0.05, 0) is 43.7 Å². The Labute approximate surface area is 194 Å². The van der Waals surface area contributed by atoms with Gasteiger partial charge >= 0.3 is 5.97 Å². The zero-order chi connectivity index (χ0) is 24.8. The van der Waals surface area contributed by atoms with Crippen molar-refractivity contribution in [1.82, 2.24) is 16.0 Å². The number of nitrogens with one attached hydrogen (secondary N) is 3. The summed E-state index contributed by atoms with van der Waals surface area (Å²) in [6.45, 7) is 3.73. The summed E-state index contributed by atoms with van der Waals surface area (Å²) in [5.74, 6) is -2.98. The fourth-order valence-corrected chi connectivity index (χ4v) is 3.20. The molecule has 33 heavy (non-hydrogen) atoms. The van der Waals surface area contributed by atoms with Gasteiger partial charge in [0.1, 0.15) is 12.1 Å². The van der Waals surface area contributed by atoms with Crippen LogP contribution in [0.5, 0.6) is 0 Å². The van der Waals surface area contributed by atoms with E-state index in [2.05, 4.69) is 16.0 Å². The van der Waals surface area contributed by atoms with Crippen LogP contribution < -0.4 is 27.4 Å². The average molecular weight is 464 g/mol. The van der Waals surface area contributed by atoms with E-state index in [0.29, 0.717) is 32.2 Å².